The minimum absolute atomic E-state index is 0.0454. The maximum atomic E-state index is 12.8. The lowest BCUT2D eigenvalue weighted by molar-refractivity contribution is -0.143. The van der Waals surface area contributed by atoms with Crippen LogP contribution in [0.2, 0.25) is 0 Å². The number of thiocarbonyl (C=S) groups is 1. The molecule has 0 aromatic carbocycles. The van der Waals surface area contributed by atoms with Crippen molar-refractivity contribution in [3.63, 3.8) is 0 Å². The van der Waals surface area contributed by atoms with E-state index in [2.05, 4.69) is 0 Å². The summed E-state index contributed by atoms with van der Waals surface area (Å²) in [5.74, 6) is -0.0454. The quantitative estimate of drug-likeness (QED) is 0.757. The molecular weight excluding hydrogens is 260 g/mol. The molecule has 0 aromatic rings. The zero-order valence-electron chi connectivity index (χ0n) is 12.2. The Balaban J connectivity index is 2.93. The van der Waals surface area contributed by atoms with E-state index in [-0.39, 0.29) is 16.9 Å². The zero-order chi connectivity index (χ0) is 14.6. The lowest BCUT2D eigenvalue weighted by atomic mass is 9.79. The molecule has 19 heavy (non-hydrogen) atoms. The van der Waals surface area contributed by atoms with Gasteiger partial charge in [0.05, 0.1) is 22.5 Å². The van der Waals surface area contributed by atoms with E-state index in [4.69, 9.17) is 18.0 Å². The number of rotatable bonds is 5. The maximum Gasteiger partial charge on any atom is 0.235 e. The van der Waals surface area contributed by atoms with E-state index in [9.17, 15) is 9.90 Å². The SMILES string of the molecule is CCC(CC)(C(=O)N(C)C1CCCCC1O)C(N)=S. The van der Waals surface area contributed by atoms with Gasteiger partial charge in [0.15, 0.2) is 0 Å². The second-order valence-corrected chi connectivity index (χ2v) is 5.93. The maximum absolute atomic E-state index is 12.8. The minimum Gasteiger partial charge on any atom is -0.392 e. The van der Waals surface area contributed by atoms with Crippen LogP contribution in [0.15, 0.2) is 0 Å². The number of aliphatic hydroxyl groups is 1. The largest absolute Gasteiger partial charge is 0.392 e. The van der Waals surface area contributed by atoms with Gasteiger partial charge in [-0.2, -0.15) is 0 Å². The molecule has 2 atom stereocenters. The van der Waals surface area contributed by atoms with Gasteiger partial charge >= 0.3 is 0 Å². The Morgan fingerprint density at radius 2 is 1.89 bits per heavy atom. The van der Waals surface area contributed by atoms with Gasteiger partial charge in [0.1, 0.15) is 0 Å². The van der Waals surface area contributed by atoms with E-state index in [1.165, 1.54) is 0 Å². The van der Waals surface area contributed by atoms with E-state index in [1.54, 1.807) is 11.9 Å². The van der Waals surface area contributed by atoms with Gasteiger partial charge in [0, 0.05) is 7.05 Å². The Kier molecular flexibility index (Phi) is 5.74. The van der Waals surface area contributed by atoms with Crippen molar-refractivity contribution < 1.29 is 9.90 Å². The molecule has 1 aliphatic carbocycles. The van der Waals surface area contributed by atoms with Gasteiger partial charge in [0.2, 0.25) is 5.91 Å². The Bertz CT molecular complexity index is 342. The van der Waals surface area contributed by atoms with E-state index < -0.39 is 11.5 Å². The van der Waals surface area contributed by atoms with Crippen LogP contribution in [0.4, 0.5) is 0 Å². The summed E-state index contributed by atoms with van der Waals surface area (Å²) in [5, 5.41) is 10.1. The topological polar surface area (TPSA) is 66.6 Å². The fourth-order valence-corrected chi connectivity index (χ4v) is 3.41. The van der Waals surface area contributed by atoms with Gasteiger partial charge in [-0.25, -0.2) is 0 Å². The van der Waals surface area contributed by atoms with Gasteiger partial charge < -0.3 is 15.7 Å². The molecule has 0 aromatic heterocycles. The van der Waals surface area contributed by atoms with Gasteiger partial charge in [-0.3, -0.25) is 4.79 Å². The normalized spacial score (nSPS) is 24.0. The molecule has 5 heteroatoms. The molecule has 0 aliphatic heterocycles. The number of nitrogens with two attached hydrogens (primary N) is 1. The van der Waals surface area contributed by atoms with Gasteiger partial charge in [0.25, 0.3) is 0 Å². The van der Waals surface area contributed by atoms with Crippen molar-refractivity contribution in [3.8, 4) is 0 Å². The predicted molar refractivity (Wildman–Crippen MR) is 80.8 cm³/mol. The van der Waals surface area contributed by atoms with Crippen molar-refractivity contribution in [1.29, 1.82) is 0 Å². The molecule has 0 radical (unpaired) electrons. The standard InChI is InChI=1S/C14H26N2O2S/c1-4-14(5-2,12(15)19)13(18)16(3)10-8-6-7-9-11(10)17/h10-11,17H,4-9H2,1-3H3,(H2,15,19). The number of hydrogen-bond donors (Lipinski definition) is 2. The van der Waals surface area contributed by atoms with Crippen molar-refractivity contribution in [3.05, 3.63) is 0 Å². The molecule has 0 heterocycles. The molecule has 1 fully saturated rings. The number of amides is 1. The Hall–Kier alpha value is -0.680. The second-order valence-electron chi connectivity index (χ2n) is 5.49. The number of carbonyl (C=O) groups is 1. The van der Waals surface area contributed by atoms with Crippen LogP contribution in [0.1, 0.15) is 52.4 Å². The number of aliphatic hydroxyl groups excluding tert-OH is 1. The molecule has 110 valence electrons. The van der Waals surface area contributed by atoms with Crippen LogP contribution in [0, 0.1) is 5.41 Å². The smallest absolute Gasteiger partial charge is 0.235 e. The zero-order valence-corrected chi connectivity index (χ0v) is 13.0. The average Bonchev–Trinajstić information content (AvgIpc) is 2.40. The molecule has 0 bridgehead atoms. The highest BCUT2D eigenvalue weighted by molar-refractivity contribution is 7.80. The third-order valence-electron chi connectivity index (χ3n) is 4.60. The van der Waals surface area contributed by atoms with Crippen molar-refractivity contribution in [2.45, 2.75) is 64.5 Å². The first-order valence-corrected chi connectivity index (χ1v) is 7.56. The summed E-state index contributed by atoms with van der Waals surface area (Å²) in [4.78, 5) is 14.7. The van der Waals surface area contributed by atoms with Crippen LogP contribution in [-0.2, 0) is 4.79 Å². The first-order valence-electron chi connectivity index (χ1n) is 7.16. The van der Waals surface area contributed by atoms with Gasteiger partial charge in [-0.05, 0) is 25.7 Å². The van der Waals surface area contributed by atoms with Crippen LogP contribution in [0.3, 0.4) is 0 Å². The summed E-state index contributed by atoms with van der Waals surface area (Å²) in [7, 11) is 1.76. The highest BCUT2D eigenvalue weighted by atomic mass is 32.1. The summed E-state index contributed by atoms with van der Waals surface area (Å²) < 4.78 is 0. The van der Waals surface area contributed by atoms with Crippen LogP contribution < -0.4 is 5.73 Å². The minimum atomic E-state index is -0.763. The molecule has 4 nitrogen and oxygen atoms in total. The fourth-order valence-electron chi connectivity index (χ4n) is 3.04. The summed E-state index contributed by atoms with van der Waals surface area (Å²) in [5.41, 5.74) is 5.05. The molecule has 1 aliphatic rings. The molecule has 1 rings (SSSR count). The second kappa shape index (κ2) is 6.66. The Morgan fingerprint density at radius 1 is 1.37 bits per heavy atom. The van der Waals surface area contributed by atoms with Crippen molar-refractivity contribution in [2.24, 2.45) is 11.1 Å². The summed E-state index contributed by atoms with van der Waals surface area (Å²) in [6.45, 7) is 3.87. The molecule has 1 amide bonds. The molecule has 2 unspecified atom stereocenters. The molecule has 1 saturated carbocycles. The summed E-state index contributed by atoms with van der Waals surface area (Å²) >= 11 is 5.12. The van der Waals surface area contributed by atoms with Crippen LogP contribution >= 0.6 is 12.2 Å². The number of hydrogen-bond acceptors (Lipinski definition) is 3. The van der Waals surface area contributed by atoms with Crippen LogP contribution in [-0.4, -0.2) is 40.1 Å². The first-order chi connectivity index (χ1) is 8.90. The third-order valence-corrected chi connectivity index (χ3v) is 4.99. The fraction of sp³-hybridized carbons (Fsp3) is 0.857. The van der Waals surface area contributed by atoms with E-state index >= 15 is 0 Å². The van der Waals surface area contributed by atoms with Crippen LogP contribution in [0.5, 0.6) is 0 Å². The Labute approximate surface area is 121 Å². The molecular formula is C14H26N2O2S. The van der Waals surface area contributed by atoms with Gasteiger partial charge in [-0.15, -0.1) is 0 Å². The molecule has 3 N–H and O–H groups in total. The summed E-state index contributed by atoms with van der Waals surface area (Å²) in [6.07, 6.45) is 4.47. The monoisotopic (exact) mass is 286 g/mol. The number of likely N-dealkylation sites (N-methyl/N-ethyl adjacent to an activating group) is 1. The lowest BCUT2D eigenvalue weighted by Crippen LogP contribution is -2.55. The highest BCUT2D eigenvalue weighted by Crippen LogP contribution is 2.32. The predicted octanol–water partition coefficient (Wildman–Crippen LogP) is 1.84. The molecule has 0 saturated heterocycles. The van der Waals surface area contributed by atoms with Crippen molar-refractivity contribution in [1.82, 2.24) is 4.90 Å². The third kappa shape index (κ3) is 3.08. The number of nitrogens with zero attached hydrogens (tertiary/aromatic N) is 1. The molecule has 0 spiro atoms. The highest BCUT2D eigenvalue weighted by Gasteiger charge is 2.43. The lowest BCUT2D eigenvalue weighted by Gasteiger charge is -2.40. The number of carbonyl (C=O) groups excluding carboxylic acids is 1. The van der Waals surface area contributed by atoms with Crippen molar-refractivity contribution >= 4 is 23.1 Å². The van der Waals surface area contributed by atoms with Crippen LogP contribution in [0.25, 0.3) is 0 Å². The van der Waals surface area contributed by atoms with Gasteiger partial charge in [-0.1, -0.05) is 38.9 Å². The van der Waals surface area contributed by atoms with E-state index in [1.807, 2.05) is 13.8 Å². The Morgan fingerprint density at radius 3 is 2.32 bits per heavy atom. The van der Waals surface area contributed by atoms with E-state index in [0.29, 0.717) is 12.8 Å². The average molecular weight is 286 g/mol. The van der Waals surface area contributed by atoms with Crippen molar-refractivity contribution in [2.75, 3.05) is 7.05 Å². The summed E-state index contributed by atoms with van der Waals surface area (Å²) in [6, 6.07) is -0.104. The van der Waals surface area contributed by atoms with E-state index in [0.717, 1.165) is 25.7 Å². The first kappa shape index (κ1) is 16.4.